The minimum atomic E-state index is -0.0748. The third-order valence-electron chi connectivity index (χ3n) is 2.03. The van der Waals surface area contributed by atoms with E-state index in [1.54, 1.807) is 13.1 Å². The molecule has 0 aliphatic heterocycles. The molecule has 0 aromatic heterocycles. The van der Waals surface area contributed by atoms with Gasteiger partial charge in [0.2, 0.25) is 0 Å². The molecule has 0 bridgehead atoms. The molecule has 0 saturated carbocycles. The molecule has 0 heterocycles. The average Bonchev–Trinajstić information content (AvgIpc) is 2.19. The summed E-state index contributed by atoms with van der Waals surface area (Å²) in [6, 6.07) is 5.43. The van der Waals surface area contributed by atoms with E-state index >= 15 is 0 Å². The number of rotatable bonds is 3. The van der Waals surface area contributed by atoms with Crippen molar-refractivity contribution in [2.45, 2.75) is 26.9 Å². The Morgan fingerprint density at radius 3 is 2.53 bits per heavy atom. The molecular formula is C12H17NO2. The van der Waals surface area contributed by atoms with Gasteiger partial charge in [-0.05, 0) is 44.5 Å². The van der Waals surface area contributed by atoms with E-state index < -0.39 is 0 Å². The molecule has 0 fully saturated rings. The van der Waals surface area contributed by atoms with E-state index in [2.05, 4.69) is 5.32 Å². The van der Waals surface area contributed by atoms with E-state index in [1.165, 1.54) is 0 Å². The van der Waals surface area contributed by atoms with Crippen molar-refractivity contribution in [2.75, 3.05) is 7.05 Å². The summed E-state index contributed by atoms with van der Waals surface area (Å²) in [5.74, 6) is 0.756. The zero-order chi connectivity index (χ0) is 11.4. The Hall–Kier alpha value is -1.51. The molecule has 1 amide bonds. The molecule has 0 aliphatic carbocycles. The zero-order valence-corrected chi connectivity index (χ0v) is 9.63. The molecule has 1 N–H and O–H groups in total. The van der Waals surface area contributed by atoms with Crippen LogP contribution in [0, 0.1) is 6.92 Å². The van der Waals surface area contributed by atoms with Gasteiger partial charge in [0.25, 0.3) is 5.91 Å². The number of ether oxygens (including phenoxy) is 1. The molecule has 3 nitrogen and oxygen atoms in total. The Labute approximate surface area is 90.4 Å². The lowest BCUT2D eigenvalue weighted by molar-refractivity contribution is 0.0963. The van der Waals surface area contributed by atoms with Gasteiger partial charge >= 0.3 is 0 Å². The Morgan fingerprint density at radius 1 is 1.40 bits per heavy atom. The van der Waals surface area contributed by atoms with E-state index in [0.29, 0.717) is 5.56 Å². The Morgan fingerprint density at radius 2 is 2.07 bits per heavy atom. The molecule has 0 aliphatic rings. The van der Waals surface area contributed by atoms with Crippen molar-refractivity contribution >= 4 is 5.91 Å². The van der Waals surface area contributed by atoms with Crippen molar-refractivity contribution in [1.29, 1.82) is 0 Å². The van der Waals surface area contributed by atoms with Crippen LogP contribution in [0.25, 0.3) is 0 Å². The van der Waals surface area contributed by atoms with Crippen LogP contribution >= 0.6 is 0 Å². The number of aryl methyl sites for hydroxylation is 1. The van der Waals surface area contributed by atoms with Crippen LogP contribution in [0.2, 0.25) is 0 Å². The molecule has 0 unspecified atom stereocenters. The third kappa shape index (κ3) is 2.98. The third-order valence-corrected chi connectivity index (χ3v) is 2.03. The van der Waals surface area contributed by atoms with E-state index in [4.69, 9.17) is 4.74 Å². The lowest BCUT2D eigenvalue weighted by Gasteiger charge is -2.12. The molecule has 1 rings (SSSR count). The number of nitrogens with one attached hydrogen (secondary N) is 1. The van der Waals surface area contributed by atoms with Crippen molar-refractivity contribution in [3.63, 3.8) is 0 Å². The first-order valence-corrected chi connectivity index (χ1v) is 5.04. The van der Waals surface area contributed by atoms with Crippen molar-refractivity contribution < 1.29 is 9.53 Å². The maximum Gasteiger partial charge on any atom is 0.251 e. The SMILES string of the molecule is CNC(=O)c1ccc(OC(C)C)c(C)c1. The Balaban J connectivity index is 2.93. The highest BCUT2D eigenvalue weighted by Crippen LogP contribution is 2.20. The normalized spacial score (nSPS) is 10.2. The van der Waals surface area contributed by atoms with Gasteiger partial charge in [-0.1, -0.05) is 0 Å². The molecule has 0 radical (unpaired) electrons. The largest absolute Gasteiger partial charge is 0.491 e. The van der Waals surface area contributed by atoms with Crippen molar-refractivity contribution in [3.05, 3.63) is 29.3 Å². The van der Waals surface area contributed by atoms with Crippen LogP contribution in [-0.2, 0) is 0 Å². The van der Waals surface area contributed by atoms with E-state index in [9.17, 15) is 4.79 Å². The molecule has 0 saturated heterocycles. The summed E-state index contributed by atoms with van der Waals surface area (Å²) in [5, 5.41) is 2.59. The molecule has 1 aromatic carbocycles. The summed E-state index contributed by atoms with van der Waals surface area (Å²) < 4.78 is 5.58. The number of hydrogen-bond donors (Lipinski definition) is 1. The van der Waals surface area contributed by atoms with Crippen LogP contribution in [0.5, 0.6) is 5.75 Å². The summed E-state index contributed by atoms with van der Waals surface area (Å²) in [6.07, 6.45) is 0.148. The fourth-order valence-electron chi connectivity index (χ4n) is 1.32. The van der Waals surface area contributed by atoms with Crippen LogP contribution in [0.15, 0.2) is 18.2 Å². The zero-order valence-electron chi connectivity index (χ0n) is 9.63. The highest BCUT2D eigenvalue weighted by molar-refractivity contribution is 5.94. The number of carbonyl (C=O) groups is 1. The van der Waals surface area contributed by atoms with Crippen molar-refractivity contribution in [3.8, 4) is 5.75 Å². The lowest BCUT2D eigenvalue weighted by Crippen LogP contribution is -2.18. The Bertz CT molecular complexity index is 359. The predicted molar refractivity (Wildman–Crippen MR) is 60.3 cm³/mol. The van der Waals surface area contributed by atoms with Gasteiger partial charge in [0.1, 0.15) is 5.75 Å². The highest BCUT2D eigenvalue weighted by atomic mass is 16.5. The van der Waals surface area contributed by atoms with Crippen LogP contribution in [-0.4, -0.2) is 19.1 Å². The monoisotopic (exact) mass is 207 g/mol. The average molecular weight is 207 g/mol. The molecule has 1 aromatic rings. The Kier molecular flexibility index (Phi) is 3.72. The number of hydrogen-bond acceptors (Lipinski definition) is 2. The lowest BCUT2D eigenvalue weighted by atomic mass is 10.1. The van der Waals surface area contributed by atoms with Crippen LogP contribution < -0.4 is 10.1 Å². The maximum absolute atomic E-state index is 11.3. The van der Waals surface area contributed by atoms with Gasteiger partial charge in [-0.3, -0.25) is 4.79 Å². The molecular weight excluding hydrogens is 190 g/mol. The van der Waals surface area contributed by atoms with Crippen LogP contribution in [0.1, 0.15) is 29.8 Å². The minimum absolute atomic E-state index is 0.0748. The maximum atomic E-state index is 11.3. The van der Waals surface area contributed by atoms with Gasteiger partial charge in [0, 0.05) is 12.6 Å². The molecule has 0 atom stereocenters. The summed E-state index contributed by atoms with van der Waals surface area (Å²) in [5.41, 5.74) is 1.64. The summed E-state index contributed by atoms with van der Waals surface area (Å²) in [6.45, 7) is 5.89. The van der Waals surface area contributed by atoms with Gasteiger partial charge in [-0.2, -0.15) is 0 Å². The van der Waals surface area contributed by atoms with Crippen molar-refractivity contribution in [2.24, 2.45) is 0 Å². The molecule has 15 heavy (non-hydrogen) atoms. The standard InChI is InChI=1S/C12H17NO2/c1-8(2)15-11-6-5-10(7-9(11)3)12(14)13-4/h5-8H,1-4H3,(H,13,14). The molecule has 3 heteroatoms. The highest BCUT2D eigenvalue weighted by Gasteiger charge is 2.07. The molecule has 0 spiro atoms. The first-order chi connectivity index (χ1) is 7.04. The predicted octanol–water partition coefficient (Wildman–Crippen LogP) is 2.14. The fourth-order valence-corrected chi connectivity index (χ4v) is 1.32. The van der Waals surface area contributed by atoms with E-state index in [0.717, 1.165) is 11.3 Å². The summed E-state index contributed by atoms with van der Waals surface area (Å²) >= 11 is 0. The van der Waals surface area contributed by atoms with Gasteiger partial charge < -0.3 is 10.1 Å². The second kappa shape index (κ2) is 4.82. The van der Waals surface area contributed by atoms with Crippen LogP contribution in [0.3, 0.4) is 0 Å². The first-order valence-electron chi connectivity index (χ1n) is 5.04. The van der Waals surface area contributed by atoms with E-state index in [1.807, 2.05) is 32.9 Å². The first kappa shape index (κ1) is 11.6. The van der Waals surface area contributed by atoms with Crippen LogP contribution in [0.4, 0.5) is 0 Å². The second-order valence-electron chi connectivity index (χ2n) is 3.73. The van der Waals surface area contributed by atoms with Crippen molar-refractivity contribution in [1.82, 2.24) is 5.32 Å². The summed E-state index contributed by atoms with van der Waals surface area (Å²) in [7, 11) is 1.62. The van der Waals surface area contributed by atoms with Gasteiger partial charge in [0.15, 0.2) is 0 Å². The van der Waals surface area contributed by atoms with E-state index in [-0.39, 0.29) is 12.0 Å². The topological polar surface area (TPSA) is 38.3 Å². The van der Waals surface area contributed by atoms with Gasteiger partial charge in [-0.25, -0.2) is 0 Å². The quantitative estimate of drug-likeness (QED) is 0.824. The number of amides is 1. The van der Waals surface area contributed by atoms with Gasteiger partial charge in [0.05, 0.1) is 6.10 Å². The second-order valence-corrected chi connectivity index (χ2v) is 3.73. The van der Waals surface area contributed by atoms with Gasteiger partial charge in [-0.15, -0.1) is 0 Å². The number of benzene rings is 1. The fraction of sp³-hybridized carbons (Fsp3) is 0.417. The molecule has 82 valence electrons. The smallest absolute Gasteiger partial charge is 0.251 e. The summed E-state index contributed by atoms with van der Waals surface area (Å²) in [4.78, 5) is 11.3. The minimum Gasteiger partial charge on any atom is -0.491 e. The number of carbonyl (C=O) groups excluding carboxylic acids is 1.